The van der Waals surface area contributed by atoms with Crippen molar-refractivity contribution in [2.75, 3.05) is 7.11 Å². The van der Waals surface area contributed by atoms with E-state index in [1.54, 1.807) is 6.08 Å². The first kappa shape index (κ1) is 16.3. The standard InChI is InChI=1S/C16H19IO4/c1-20-15(19)7-3-5-11-4-2-6-14(17)16(11)21-13-9-8-12(18)10-13/h2,4,6,8-9,12-13,18H,3,5,7,10H2,1H3/t12-,13+/m0/s1. The van der Waals surface area contributed by atoms with E-state index in [2.05, 4.69) is 27.3 Å². The number of carbonyl (C=O) groups is 1. The summed E-state index contributed by atoms with van der Waals surface area (Å²) in [6, 6.07) is 6.00. The summed E-state index contributed by atoms with van der Waals surface area (Å²) in [7, 11) is 1.40. The van der Waals surface area contributed by atoms with Gasteiger partial charge in [-0.2, -0.15) is 0 Å². The Morgan fingerprint density at radius 2 is 2.24 bits per heavy atom. The molecule has 0 amide bonds. The number of para-hydroxylation sites is 1. The normalized spacial score (nSPS) is 20.5. The third-order valence-corrected chi connectivity index (χ3v) is 4.24. The Labute approximate surface area is 138 Å². The molecule has 0 saturated carbocycles. The third-order valence-electron chi connectivity index (χ3n) is 3.39. The lowest BCUT2D eigenvalue weighted by Gasteiger charge is -2.17. The second-order valence-electron chi connectivity index (χ2n) is 5.00. The first-order valence-corrected chi connectivity index (χ1v) is 8.05. The summed E-state index contributed by atoms with van der Waals surface area (Å²) in [5.41, 5.74) is 1.08. The number of rotatable bonds is 6. The number of benzene rings is 1. The Morgan fingerprint density at radius 3 is 2.90 bits per heavy atom. The molecule has 4 nitrogen and oxygen atoms in total. The fourth-order valence-electron chi connectivity index (χ4n) is 2.29. The first-order valence-electron chi connectivity index (χ1n) is 6.97. The van der Waals surface area contributed by atoms with Crippen LogP contribution in [-0.4, -0.2) is 30.4 Å². The van der Waals surface area contributed by atoms with Crippen molar-refractivity contribution in [1.29, 1.82) is 0 Å². The van der Waals surface area contributed by atoms with Gasteiger partial charge in [0.25, 0.3) is 0 Å². The van der Waals surface area contributed by atoms with Crippen LogP contribution in [0.15, 0.2) is 30.4 Å². The van der Waals surface area contributed by atoms with Gasteiger partial charge in [-0.15, -0.1) is 0 Å². The van der Waals surface area contributed by atoms with Crippen LogP contribution < -0.4 is 4.74 Å². The molecule has 0 unspecified atom stereocenters. The van der Waals surface area contributed by atoms with Crippen LogP contribution in [-0.2, 0) is 16.0 Å². The van der Waals surface area contributed by atoms with E-state index < -0.39 is 6.10 Å². The molecule has 2 atom stereocenters. The molecule has 114 valence electrons. The van der Waals surface area contributed by atoms with Gasteiger partial charge >= 0.3 is 5.97 Å². The highest BCUT2D eigenvalue weighted by Gasteiger charge is 2.20. The van der Waals surface area contributed by atoms with Crippen LogP contribution in [0.5, 0.6) is 5.75 Å². The molecule has 0 spiro atoms. The molecule has 0 radical (unpaired) electrons. The highest BCUT2D eigenvalue weighted by atomic mass is 127. The monoisotopic (exact) mass is 402 g/mol. The average Bonchev–Trinajstić information content (AvgIpc) is 2.87. The number of ether oxygens (including phenoxy) is 2. The molecular formula is C16H19IO4. The molecule has 1 aromatic carbocycles. The molecule has 0 saturated heterocycles. The summed E-state index contributed by atoms with van der Waals surface area (Å²) in [6.45, 7) is 0. The highest BCUT2D eigenvalue weighted by Crippen LogP contribution is 2.30. The van der Waals surface area contributed by atoms with Gasteiger partial charge in [-0.1, -0.05) is 18.2 Å². The molecule has 0 fully saturated rings. The Bertz CT molecular complexity index is 527. The third kappa shape index (κ3) is 4.71. The fourth-order valence-corrected chi connectivity index (χ4v) is 2.97. The largest absolute Gasteiger partial charge is 0.485 e. The van der Waals surface area contributed by atoms with E-state index in [1.807, 2.05) is 24.3 Å². The summed E-state index contributed by atoms with van der Waals surface area (Å²) in [5.74, 6) is 0.664. The zero-order valence-electron chi connectivity index (χ0n) is 11.9. The smallest absolute Gasteiger partial charge is 0.305 e. The lowest BCUT2D eigenvalue weighted by Crippen LogP contribution is -2.15. The van der Waals surface area contributed by atoms with Gasteiger partial charge in [0.1, 0.15) is 11.9 Å². The van der Waals surface area contributed by atoms with Gasteiger partial charge in [0, 0.05) is 12.8 Å². The highest BCUT2D eigenvalue weighted by molar-refractivity contribution is 14.1. The Kier molecular flexibility index (Phi) is 6.05. The van der Waals surface area contributed by atoms with Crippen LogP contribution in [0.2, 0.25) is 0 Å². The molecular weight excluding hydrogens is 383 g/mol. The van der Waals surface area contributed by atoms with Crippen molar-refractivity contribution in [3.05, 3.63) is 39.5 Å². The van der Waals surface area contributed by atoms with E-state index in [9.17, 15) is 9.90 Å². The van der Waals surface area contributed by atoms with Gasteiger partial charge in [-0.3, -0.25) is 4.79 Å². The van der Waals surface area contributed by atoms with Crippen molar-refractivity contribution < 1.29 is 19.4 Å². The van der Waals surface area contributed by atoms with Crippen molar-refractivity contribution in [3.8, 4) is 5.75 Å². The van der Waals surface area contributed by atoms with E-state index in [4.69, 9.17) is 4.74 Å². The quantitative estimate of drug-likeness (QED) is 0.452. The van der Waals surface area contributed by atoms with Crippen LogP contribution in [0.3, 0.4) is 0 Å². The molecule has 1 aliphatic carbocycles. The maximum atomic E-state index is 11.2. The molecule has 0 aromatic heterocycles. The van der Waals surface area contributed by atoms with Crippen molar-refractivity contribution >= 4 is 28.6 Å². The first-order chi connectivity index (χ1) is 10.1. The molecule has 0 heterocycles. The molecule has 21 heavy (non-hydrogen) atoms. The van der Waals surface area contributed by atoms with Gasteiger partial charge in [-0.05, 0) is 53.1 Å². The molecule has 1 aromatic rings. The number of halogens is 1. The molecule has 0 aliphatic heterocycles. The van der Waals surface area contributed by atoms with E-state index in [0.29, 0.717) is 12.8 Å². The molecule has 2 rings (SSSR count). The lowest BCUT2D eigenvalue weighted by molar-refractivity contribution is -0.140. The maximum absolute atomic E-state index is 11.2. The zero-order chi connectivity index (χ0) is 15.2. The number of aliphatic hydroxyl groups excluding tert-OH is 1. The summed E-state index contributed by atoms with van der Waals surface area (Å²) in [6.07, 6.45) is 5.64. The second kappa shape index (κ2) is 7.79. The topological polar surface area (TPSA) is 55.8 Å². The van der Waals surface area contributed by atoms with E-state index >= 15 is 0 Å². The van der Waals surface area contributed by atoms with Crippen LogP contribution >= 0.6 is 22.6 Å². The van der Waals surface area contributed by atoms with Gasteiger partial charge in [0.15, 0.2) is 0 Å². The van der Waals surface area contributed by atoms with Crippen LogP contribution in [0, 0.1) is 3.57 Å². The van der Waals surface area contributed by atoms with Crippen molar-refractivity contribution in [1.82, 2.24) is 0 Å². The number of carbonyl (C=O) groups excluding carboxylic acids is 1. The number of aryl methyl sites for hydroxylation is 1. The maximum Gasteiger partial charge on any atom is 0.305 e. The fraction of sp³-hybridized carbons (Fsp3) is 0.438. The van der Waals surface area contributed by atoms with E-state index in [-0.39, 0.29) is 12.1 Å². The average molecular weight is 402 g/mol. The van der Waals surface area contributed by atoms with Gasteiger partial charge in [0.05, 0.1) is 16.8 Å². The minimum absolute atomic E-state index is 0.0877. The summed E-state index contributed by atoms with van der Waals surface area (Å²) >= 11 is 2.25. The van der Waals surface area contributed by atoms with Gasteiger partial charge < -0.3 is 14.6 Å². The Morgan fingerprint density at radius 1 is 1.43 bits per heavy atom. The van der Waals surface area contributed by atoms with E-state index in [1.165, 1.54) is 7.11 Å². The summed E-state index contributed by atoms with van der Waals surface area (Å²) in [5, 5.41) is 9.53. The van der Waals surface area contributed by atoms with Crippen molar-refractivity contribution in [2.24, 2.45) is 0 Å². The second-order valence-corrected chi connectivity index (χ2v) is 6.16. The summed E-state index contributed by atoms with van der Waals surface area (Å²) in [4.78, 5) is 11.2. The van der Waals surface area contributed by atoms with Crippen LogP contribution in [0.1, 0.15) is 24.8 Å². The number of aliphatic hydroxyl groups is 1. The molecule has 5 heteroatoms. The molecule has 0 bridgehead atoms. The lowest BCUT2D eigenvalue weighted by atomic mass is 10.1. The van der Waals surface area contributed by atoms with Crippen LogP contribution in [0.25, 0.3) is 0 Å². The number of hydrogen-bond donors (Lipinski definition) is 1. The zero-order valence-corrected chi connectivity index (χ0v) is 14.1. The van der Waals surface area contributed by atoms with Gasteiger partial charge in [-0.25, -0.2) is 0 Å². The molecule has 1 N–H and O–H groups in total. The summed E-state index contributed by atoms with van der Waals surface area (Å²) < 4.78 is 11.7. The van der Waals surface area contributed by atoms with E-state index in [0.717, 1.165) is 27.7 Å². The minimum atomic E-state index is -0.417. The Hall–Kier alpha value is -1.08. The predicted molar refractivity (Wildman–Crippen MR) is 88.3 cm³/mol. The minimum Gasteiger partial charge on any atom is -0.485 e. The predicted octanol–water partition coefficient (Wildman–Crippen LogP) is 2.86. The Balaban J connectivity index is 2.02. The SMILES string of the molecule is COC(=O)CCCc1cccc(I)c1O[C@@H]1C=C[C@H](O)C1. The molecule has 1 aliphatic rings. The van der Waals surface area contributed by atoms with Gasteiger partial charge in [0.2, 0.25) is 0 Å². The van der Waals surface area contributed by atoms with Crippen molar-refractivity contribution in [2.45, 2.75) is 37.9 Å². The number of hydrogen-bond acceptors (Lipinski definition) is 4. The number of methoxy groups -OCH3 is 1. The number of esters is 1. The van der Waals surface area contributed by atoms with Crippen LogP contribution in [0.4, 0.5) is 0 Å². The van der Waals surface area contributed by atoms with Crippen molar-refractivity contribution in [3.63, 3.8) is 0 Å².